The second-order valence-electron chi connectivity index (χ2n) is 4.50. The van der Waals surface area contributed by atoms with Gasteiger partial charge in [-0.15, -0.1) is 0 Å². The monoisotopic (exact) mass is 230 g/mol. The lowest BCUT2D eigenvalue weighted by molar-refractivity contribution is -0.138. The molecule has 15 heavy (non-hydrogen) atoms. The van der Waals surface area contributed by atoms with Crippen LogP contribution in [0.25, 0.3) is 0 Å². The van der Waals surface area contributed by atoms with Crippen LogP contribution in [0.3, 0.4) is 0 Å². The van der Waals surface area contributed by atoms with Gasteiger partial charge in [0, 0.05) is 20.2 Å². The molecular formula is C10H18O4Si. The summed E-state index contributed by atoms with van der Waals surface area (Å²) in [5.74, 6) is -1.73. The molecular weight excluding hydrogens is 212 g/mol. The lowest BCUT2D eigenvalue weighted by atomic mass is 10.5. The van der Waals surface area contributed by atoms with Gasteiger partial charge in [0.25, 0.3) is 0 Å². The summed E-state index contributed by atoms with van der Waals surface area (Å²) in [4.78, 5) is 21.0. The number of ether oxygens (including phenoxy) is 1. The van der Waals surface area contributed by atoms with E-state index >= 15 is 0 Å². The minimum atomic E-state index is -1.14. The molecule has 5 heteroatoms. The summed E-state index contributed by atoms with van der Waals surface area (Å²) in [6.07, 6.45) is 2.56. The van der Waals surface area contributed by atoms with Gasteiger partial charge in [0.2, 0.25) is 0 Å². The van der Waals surface area contributed by atoms with Crippen molar-refractivity contribution >= 4 is 20.0 Å². The molecule has 0 rings (SSSR count). The molecule has 86 valence electrons. The van der Waals surface area contributed by atoms with Crippen molar-refractivity contribution in [1.82, 2.24) is 0 Å². The van der Waals surface area contributed by atoms with Gasteiger partial charge in [0.15, 0.2) is 0 Å². The predicted octanol–water partition coefficient (Wildman–Crippen LogP) is 1.90. The highest BCUT2D eigenvalue weighted by atomic mass is 28.3. The van der Waals surface area contributed by atoms with Crippen LogP contribution in [-0.2, 0) is 14.3 Å². The maximum Gasteiger partial charge on any atom is 0.331 e. The number of carboxylic acids is 1. The highest BCUT2D eigenvalue weighted by molar-refractivity contribution is 6.76. The zero-order valence-electron chi connectivity index (χ0n) is 9.45. The maximum atomic E-state index is 10.9. The van der Waals surface area contributed by atoms with Crippen LogP contribution in [0.5, 0.6) is 0 Å². The van der Waals surface area contributed by atoms with Crippen molar-refractivity contribution in [2.75, 3.05) is 6.61 Å². The molecule has 0 bridgehead atoms. The van der Waals surface area contributed by atoms with Gasteiger partial charge in [-0.05, 0) is 6.42 Å². The van der Waals surface area contributed by atoms with Crippen LogP contribution in [0.1, 0.15) is 6.42 Å². The summed E-state index contributed by atoms with van der Waals surface area (Å²) >= 11 is 0. The molecule has 0 atom stereocenters. The van der Waals surface area contributed by atoms with Gasteiger partial charge in [-0.1, -0.05) is 25.7 Å². The largest absolute Gasteiger partial charge is 0.478 e. The molecule has 1 N–H and O–H groups in total. The van der Waals surface area contributed by atoms with E-state index in [1.807, 2.05) is 0 Å². The summed E-state index contributed by atoms with van der Waals surface area (Å²) in [7, 11) is -1.07. The molecule has 0 saturated carbocycles. The van der Waals surface area contributed by atoms with Gasteiger partial charge in [-0.3, -0.25) is 0 Å². The summed E-state index contributed by atoms with van der Waals surface area (Å²) in [5.41, 5.74) is 0. The van der Waals surface area contributed by atoms with Crippen molar-refractivity contribution in [3.8, 4) is 0 Å². The van der Waals surface area contributed by atoms with E-state index in [1.165, 1.54) is 0 Å². The average molecular weight is 230 g/mol. The Morgan fingerprint density at radius 1 is 1.27 bits per heavy atom. The van der Waals surface area contributed by atoms with Crippen LogP contribution in [0.4, 0.5) is 0 Å². The smallest absolute Gasteiger partial charge is 0.331 e. The highest BCUT2D eigenvalue weighted by Gasteiger charge is 2.12. The Kier molecular flexibility index (Phi) is 5.92. The van der Waals surface area contributed by atoms with E-state index in [0.29, 0.717) is 6.61 Å². The highest BCUT2D eigenvalue weighted by Crippen LogP contribution is 2.10. The SMILES string of the molecule is C[Si](C)(C)CCCOC(=O)C=CC(=O)O. The van der Waals surface area contributed by atoms with Crippen LogP contribution in [0.2, 0.25) is 25.7 Å². The molecule has 0 aliphatic heterocycles. The number of aliphatic carboxylic acids is 1. The van der Waals surface area contributed by atoms with Crippen LogP contribution in [0, 0.1) is 0 Å². The van der Waals surface area contributed by atoms with Gasteiger partial charge in [0.05, 0.1) is 6.61 Å². The Morgan fingerprint density at radius 2 is 1.87 bits per heavy atom. The van der Waals surface area contributed by atoms with Crippen molar-refractivity contribution in [2.24, 2.45) is 0 Å². The molecule has 0 aliphatic rings. The van der Waals surface area contributed by atoms with E-state index in [-0.39, 0.29) is 0 Å². The zero-order chi connectivity index (χ0) is 11.9. The number of rotatable bonds is 6. The van der Waals surface area contributed by atoms with E-state index < -0.39 is 20.0 Å². The number of carbonyl (C=O) groups excluding carboxylic acids is 1. The molecule has 0 aliphatic carbocycles. The fraction of sp³-hybridized carbons (Fsp3) is 0.600. The lowest BCUT2D eigenvalue weighted by Gasteiger charge is -2.14. The van der Waals surface area contributed by atoms with E-state index in [4.69, 9.17) is 9.84 Å². The molecule has 0 spiro atoms. The van der Waals surface area contributed by atoms with E-state index in [1.54, 1.807) is 0 Å². The Morgan fingerprint density at radius 3 is 2.33 bits per heavy atom. The third kappa shape index (κ3) is 10.8. The fourth-order valence-electron chi connectivity index (χ4n) is 0.963. The number of carboxylic acid groups (broad SMARTS) is 1. The summed E-state index contributed by atoms with van der Waals surface area (Å²) in [6, 6.07) is 1.10. The number of hydrogen-bond donors (Lipinski definition) is 1. The average Bonchev–Trinajstić information content (AvgIpc) is 2.07. The molecule has 4 nitrogen and oxygen atoms in total. The second kappa shape index (κ2) is 6.39. The maximum absolute atomic E-state index is 10.9. The minimum absolute atomic E-state index is 0.368. The number of hydrogen-bond acceptors (Lipinski definition) is 3. The van der Waals surface area contributed by atoms with Crippen molar-refractivity contribution in [3.05, 3.63) is 12.2 Å². The Hall–Kier alpha value is -1.10. The lowest BCUT2D eigenvalue weighted by Crippen LogP contribution is -2.20. The Balaban J connectivity index is 3.61. The normalized spacial score (nSPS) is 11.7. The second-order valence-corrected chi connectivity index (χ2v) is 10.1. The van der Waals surface area contributed by atoms with Gasteiger partial charge >= 0.3 is 11.9 Å². The van der Waals surface area contributed by atoms with Gasteiger partial charge in [-0.25, -0.2) is 9.59 Å². The van der Waals surface area contributed by atoms with Gasteiger partial charge in [0.1, 0.15) is 0 Å². The minimum Gasteiger partial charge on any atom is -0.478 e. The zero-order valence-corrected chi connectivity index (χ0v) is 10.4. The molecule has 0 heterocycles. The first-order valence-electron chi connectivity index (χ1n) is 4.89. The quantitative estimate of drug-likeness (QED) is 0.327. The van der Waals surface area contributed by atoms with Crippen LogP contribution in [0.15, 0.2) is 12.2 Å². The van der Waals surface area contributed by atoms with Crippen LogP contribution in [-0.4, -0.2) is 31.7 Å². The first kappa shape index (κ1) is 13.9. The van der Waals surface area contributed by atoms with Crippen LogP contribution >= 0.6 is 0 Å². The van der Waals surface area contributed by atoms with E-state index in [9.17, 15) is 9.59 Å². The predicted molar refractivity (Wildman–Crippen MR) is 60.5 cm³/mol. The van der Waals surface area contributed by atoms with Crippen molar-refractivity contribution in [2.45, 2.75) is 32.1 Å². The van der Waals surface area contributed by atoms with Crippen molar-refractivity contribution in [1.29, 1.82) is 0 Å². The molecule has 0 radical (unpaired) electrons. The van der Waals surface area contributed by atoms with Crippen molar-refractivity contribution in [3.63, 3.8) is 0 Å². The standard InChI is InChI=1S/C10H18O4Si/c1-15(2,3)8-4-7-14-10(13)6-5-9(11)12/h5-6H,4,7-8H2,1-3H3,(H,11,12). The molecule has 0 aromatic carbocycles. The van der Waals surface area contributed by atoms with E-state index in [0.717, 1.165) is 24.6 Å². The fourth-order valence-corrected chi connectivity index (χ4v) is 2.17. The first-order valence-corrected chi connectivity index (χ1v) is 8.60. The first-order chi connectivity index (χ1) is 6.81. The Labute approximate surface area is 90.9 Å². The summed E-state index contributed by atoms with van der Waals surface area (Å²) < 4.78 is 4.82. The van der Waals surface area contributed by atoms with E-state index in [2.05, 4.69) is 19.6 Å². The van der Waals surface area contributed by atoms with Crippen molar-refractivity contribution < 1.29 is 19.4 Å². The summed E-state index contributed by atoms with van der Waals surface area (Å²) in [6.45, 7) is 7.12. The van der Waals surface area contributed by atoms with Crippen LogP contribution < -0.4 is 0 Å². The van der Waals surface area contributed by atoms with Gasteiger partial charge in [-0.2, -0.15) is 0 Å². The molecule has 0 unspecified atom stereocenters. The summed E-state index contributed by atoms with van der Waals surface area (Å²) in [5, 5.41) is 8.25. The molecule has 0 saturated heterocycles. The third-order valence-corrected chi connectivity index (χ3v) is 3.53. The van der Waals surface area contributed by atoms with Gasteiger partial charge < -0.3 is 9.84 Å². The number of carbonyl (C=O) groups is 2. The Bertz CT molecular complexity index is 253. The number of esters is 1. The topological polar surface area (TPSA) is 63.6 Å². The molecule has 0 aromatic rings. The third-order valence-electron chi connectivity index (χ3n) is 1.68. The molecule has 0 fully saturated rings. The molecule has 0 aromatic heterocycles. The molecule has 0 amide bonds.